The van der Waals surface area contributed by atoms with Crippen LogP contribution >= 0.6 is 23.6 Å². The number of nitrogens with zero attached hydrogens (tertiary/aromatic N) is 5. The summed E-state index contributed by atoms with van der Waals surface area (Å²) in [4.78, 5) is 64.1. The van der Waals surface area contributed by atoms with Crippen molar-refractivity contribution in [2.75, 3.05) is 62.6 Å². The molecule has 4 aromatic rings. The molecule has 21 heteroatoms. The first-order chi connectivity index (χ1) is 34.8. The van der Waals surface area contributed by atoms with Crippen LogP contribution in [0, 0.1) is 23.7 Å². The summed E-state index contributed by atoms with van der Waals surface area (Å²) in [7, 11) is 0. The maximum Gasteiger partial charge on any atom is 0.417 e. The molecule has 1 spiro atoms. The molecular weight excluding hydrogens is 988 g/mol. The molecule has 0 unspecified atom stereocenters. The molecule has 7 rings (SSSR count). The molecule has 0 bridgehead atoms. The Kier molecular flexibility index (Phi) is 17.9. The largest absolute Gasteiger partial charge is 0.494 e. The average molecular weight is 1050 g/mol. The van der Waals surface area contributed by atoms with Gasteiger partial charge in [-0.05, 0) is 97.4 Å². The van der Waals surface area contributed by atoms with Crippen LogP contribution < -0.4 is 25.2 Å². The van der Waals surface area contributed by atoms with Crippen molar-refractivity contribution in [3.8, 4) is 22.3 Å². The van der Waals surface area contributed by atoms with Gasteiger partial charge in [0.2, 0.25) is 17.7 Å². The van der Waals surface area contributed by atoms with Crippen LogP contribution in [-0.2, 0) is 46.1 Å². The van der Waals surface area contributed by atoms with Crippen LogP contribution in [0.3, 0.4) is 0 Å². The molecule has 1 aromatic heterocycles. The number of aryl methyl sites for hydroxylation is 1. The van der Waals surface area contributed by atoms with Crippen LogP contribution in [0.15, 0.2) is 72.2 Å². The summed E-state index contributed by atoms with van der Waals surface area (Å²) < 4.78 is 64.5. The number of hydrogen-bond donors (Lipinski definition) is 3. The van der Waals surface area contributed by atoms with E-state index in [-0.39, 0.29) is 75.5 Å². The molecule has 0 saturated carbocycles. The van der Waals surface area contributed by atoms with Gasteiger partial charge in [-0.15, -0.1) is 11.3 Å². The number of thiazole rings is 1. The molecule has 4 heterocycles. The number of carbonyl (C=O) groups excluding carboxylic acids is 4. The third kappa shape index (κ3) is 13.0. The van der Waals surface area contributed by atoms with E-state index >= 15 is 0 Å². The summed E-state index contributed by atoms with van der Waals surface area (Å²) in [6.07, 6.45) is -3.18. The fourth-order valence-electron chi connectivity index (χ4n) is 9.11. The lowest BCUT2D eigenvalue weighted by Gasteiger charge is -2.38. The SMILES string of the molecule is Cc1ncsc1-c1ccc(CNC(=O)[C@@H]2C[C@@H](O)CN2C(=O)[C@@H](NC(=O)COCCCOCCCCOc2ccc(N3C(=S)N(c4ccc(C#N)c(C(F)(F)F)c4)C(=O)C34CCOCC4)cc2)C(C)(C)C)cc1. The average Bonchev–Trinajstić information content (AvgIpc) is 4.04. The molecule has 73 heavy (non-hydrogen) atoms. The number of halogens is 3. The Hall–Kier alpha value is -6.02. The molecule has 3 saturated heterocycles. The molecule has 16 nitrogen and oxygen atoms in total. The number of nitriles is 1. The molecular formula is C52H60F3N7O9S2. The minimum atomic E-state index is -4.82. The van der Waals surface area contributed by atoms with Crippen LogP contribution in [0.4, 0.5) is 24.5 Å². The van der Waals surface area contributed by atoms with Crippen LogP contribution in [0.2, 0.25) is 0 Å². The normalized spacial score (nSPS) is 18.3. The number of anilines is 2. The summed E-state index contributed by atoms with van der Waals surface area (Å²) >= 11 is 7.34. The van der Waals surface area contributed by atoms with Gasteiger partial charge in [-0.2, -0.15) is 18.4 Å². The number of alkyl halides is 3. The Morgan fingerprint density at radius 3 is 2.30 bits per heavy atom. The van der Waals surface area contributed by atoms with E-state index < -0.39 is 64.2 Å². The molecule has 3 N–H and O–H groups in total. The Bertz CT molecular complexity index is 2650. The van der Waals surface area contributed by atoms with Crippen molar-refractivity contribution in [2.24, 2.45) is 5.41 Å². The highest BCUT2D eigenvalue weighted by atomic mass is 32.1. The van der Waals surface area contributed by atoms with Gasteiger partial charge < -0.3 is 44.5 Å². The first-order valence-electron chi connectivity index (χ1n) is 24.1. The number of benzene rings is 3. The highest BCUT2D eigenvalue weighted by Gasteiger charge is 2.57. The number of aliphatic hydroxyl groups is 1. The van der Waals surface area contributed by atoms with Crippen molar-refractivity contribution in [3.05, 3.63) is 94.6 Å². The van der Waals surface area contributed by atoms with Gasteiger partial charge in [-0.3, -0.25) is 24.1 Å². The van der Waals surface area contributed by atoms with Gasteiger partial charge in [0.05, 0.1) is 51.7 Å². The first-order valence-corrected chi connectivity index (χ1v) is 25.4. The second-order valence-corrected chi connectivity index (χ2v) is 20.5. The third-order valence-electron chi connectivity index (χ3n) is 13.0. The number of carbonyl (C=O) groups is 4. The van der Waals surface area contributed by atoms with Crippen molar-refractivity contribution < 1.29 is 56.4 Å². The second kappa shape index (κ2) is 23.9. The summed E-state index contributed by atoms with van der Waals surface area (Å²) in [5, 5.41) is 25.6. The minimum Gasteiger partial charge on any atom is -0.494 e. The second-order valence-electron chi connectivity index (χ2n) is 19.3. The zero-order chi connectivity index (χ0) is 52.5. The van der Waals surface area contributed by atoms with Gasteiger partial charge >= 0.3 is 6.18 Å². The summed E-state index contributed by atoms with van der Waals surface area (Å²) in [6.45, 7) is 9.33. The number of likely N-dealkylation sites (tertiary alicyclic amines) is 1. The maximum atomic E-state index is 14.1. The topological polar surface area (TPSA) is 196 Å². The standard InChI is InChI=1S/C52H60F3N7O9S2/c1-33-44(73-32-58-33)35-10-8-34(9-11-35)29-57-46(65)42-27-39(63)30-60(42)47(66)45(50(2,3)4)59-43(64)31-70-22-7-21-68-20-5-6-23-71-40-16-14-37(15-17-40)62-49(72)61(48(67)51(62)18-24-69-25-19-51)38-13-12-36(28-56)41(26-38)52(53,54)55/h8-17,26,32,39,42,45,63H,5-7,18-25,27,29-31H2,1-4H3,(H,57,65)(H,59,64)/t39-,42+,45-/m1/s1. The molecule has 3 aromatic carbocycles. The Morgan fingerprint density at radius 2 is 1.64 bits per heavy atom. The van der Waals surface area contributed by atoms with E-state index in [0.717, 1.165) is 38.7 Å². The molecule has 390 valence electrons. The number of rotatable bonds is 20. The number of β-amino-alcohol motifs (C(OH)–C–C–N with tert-alkyl or cyclic N) is 1. The van der Waals surface area contributed by atoms with Crippen molar-refractivity contribution in [1.29, 1.82) is 5.26 Å². The van der Waals surface area contributed by atoms with Crippen molar-refractivity contribution in [1.82, 2.24) is 20.5 Å². The highest BCUT2D eigenvalue weighted by molar-refractivity contribution is 7.81. The lowest BCUT2D eigenvalue weighted by molar-refractivity contribution is -0.144. The maximum absolute atomic E-state index is 14.1. The molecule has 0 radical (unpaired) electrons. The fourth-order valence-corrected chi connectivity index (χ4v) is 10.4. The van der Waals surface area contributed by atoms with E-state index in [1.54, 1.807) is 52.1 Å². The number of unbranched alkanes of at least 4 members (excludes halogenated alkanes) is 1. The number of aromatic nitrogens is 1. The van der Waals surface area contributed by atoms with Crippen molar-refractivity contribution in [3.63, 3.8) is 0 Å². The zero-order valence-electron chi connectivity index (χ0n) is 41.2. The number of nitrogens with one attached hydrogen (secondary N) is 2. The van der Waals surface area contributed by atoms with E-state index in [2.05, 4.69) is 15.6 Å². The van der Waals surface area contributed by atoms with E-state index in [1.807, 2.05) is 52.0 Å². The van der Waals surface area contributed by atoms with Crippen LogP contribution in [0.25, 0.3) is 10.4 Å². The summed E-state index contributed by atoms with van der Waals surface area (Å²) in [5.74, 6) is -1.24. The Morgan fingerprint density at radius 1 is 0.973 bits per heavy atom. The van der Waals surface area contributed by atoms with Crippen molar-refractivity contribution in [2.45, 2.75) is 103 Å². The molecule has 0 aliphatic carbocycles. The minimum absolute atomic E-state index is 0.0181. The van der Waals surface area contributed by atoms with E-state index in [4.69, 9.17) is 31.2 Å². The quantitative estimate of drug-likeness (QED) is 0.0601. The first kappa shape index (κ1) is 54.7. The number of amides is 4. The van der Waals surface area contributed by atoms with Gasteiger partial charge in [0.15, 0.2) is 5.11 Å². The van der Waals surface area contributed by atoms with Crippen LogP contribution in [0.5, 0.6) is 5.75 Å². The molecule has 4 amide bonds. The monoisotopic (exact) mass is 1050 g/mol. The predicted molar refractivity (Wildman–Crippen MR) is 271 cm³/mol. The number of aliphatic hydroxyl groups excluding tert-OH is 1. The zero-order valence-corrected chi connectivity index (χ0v) is 42.8. The Labute approximate surface area is 431 Å². The van der Waals surface area contributed by atoms with Gasteiger partial charge in [-0.1, -0.05) is 45.0 Å². The lowest BCUT2D eigenvalue weighted by atomic mass is 9.85. The van der Waals surface area contributed by atoms with Gasteiger partial charge in [0, 0.05) is 71.1 Å². The lowest BCUT2D eigenvalue weighted by Crippen LogP contribution is -2.58. The van der Waals surface area contributed by atoms with E-state index in [1.165, 1.54) is 11.0 Å². The summed E-state index contributed by atoms with van der Waals surface area (Å²) in [5.41, 5.74) is 1.55. The van der Waals surface area contributed by atoms with Crippen LogP contribution in [0.1, 0.15) is 81.7 Å². The predicted octanol–water partition coefficient (Wildman–Crippen LogP) is 7.09. The number of hydrogen-bond acceptors (Lipinski definition) is 13. The molecule has 3 aliphatic rings. The molecule has 3 aliphatic heterocycles. The van der Waals surface area contributed by atoms with Gasteiger partial charge in [0.25, 0.3) is 5.91 Å². The van der Waals surface area contributed by atoms with Gasteiger partial charge in [-0.25, -0.2) is 4.98 Å². The highest BCUT2D eigenvalue weighted by Crippen LogP contribution is 2.44. The van der Waals surface area contributed by atoms with Gasteiger partial charge in [0.1, 0.15) is 30.0 Å². The third-order valence-corrected chi connectivity index (χ3v) is 14.3. The fraction of sp³-hybridized carbons (Fsp3) is 0.481. The van der Waals surface area contributed by atoms with E-state index in [9.17, 15) is 42.7 Å². The smallest absolute Gasteiger partial charge is 0.417 e. The van der Waals surface area contributed by atoms with E-state index in [0.29, 0.717) is 50.5 Å². The summed E-state index contributed by atoms with van der Waals surface area (Å²) in [6, 6.07) is 17.6. The molecule has 3 fully saturated rings. The number of ether oxygens (including phenoxy) is 4. The number of thiocarbonyl (C=S) groups is 1. The Balaban J connectivity index is 0.798. The van der Waals surface area contributed by atoms with Crippen molar-refractivity contribution >= 4 is 63.7 Å². The van der Waals surface area contributed by atoms with Crippen LogP contribution in [-0.4, -0.2) is 120 Å². The molecule has 3 atom stereocenters.